The van der Waals surface area contributed by atoms with Crippen molar-refractivity contribution in [3.8, 4) is 11.1 Å². The second kappa shape index (κ2) is 8.13. The van der Waals surface area contributed by atoms with Crippen molar-refractivity contribution in [2.24, 2.45) is 5.92 Å². The van der Waals surface area contributed by atoms with Crippen LogP contribution >= 0.6 is 0 Å². The number of nitrogens with one attached hydrogen (secondary N) is 2. The number of urea groups is 1. The van der Waals surface area contributed by atoms with E-state index in [2.05, 4.69) is 58.9 Å². The van der Waals surface area contributed by atoms with Crippen molar-refractivity contribution in [1.82, 2.24) is 10.2 Å². The maximum absolute atomic E-state index is 12.3. The van der Waals surface area contributed by atoms with Crippen LogP contribution in [0.2, 0.25) is 0 Å². The van der Waals surface area contributed by atoms with Crippen LogP contribution in [-0.2, 0) is 6.42 Å². The fraction of sp³-hybridized carbons (Fsp3) is 0.435. The maximum atomic E-state index is 12.3. The fourth-order valence-electron chi connectivity index (χ4n) is 4.37. The number of piperidine rings is 1. The van der Waals surface area contributed by atoms with Crippen LogP contribution < -0.4 is 10.6 Å². The van der Waals surface area contributed by atoms with Gasteiger partial charge in [-0.3, -0.25) is 0 Å². The number of hydrogen-bond donors (Lipinski definition) is 2. The van der Waals surface area contributed by atoms with Crippen molar-refractivity contribution in [3.63, 3.8) is 0 Å². The predicted molar refractivity (Wildman–Crippen MR) is 111 cm³/mol. The number of carbonyl (C=O) groups is 1. The lowest BCUT2D eigenvalue weighted by Gasteiger charge is -2.31. The molecule has 0 bridgehead atoms. The van der Waals surface area contributed by atoms with E-state index in [1.807, 2.05) is 6.07 Å². The molecular weight excluding hydrogens is 334 g/mol. The van der Waals surface area contributed by atoms with Gasteiger partial charge in [-0.2, -0.15) is 0 Å². The van der Waals surface area contributed by atoms with Gasteiger partial charge in [0.1, 0.15) is 0 Å². The summed E-state index contributed by atoms with van der Waals surface area (Å²) >= 11 is 0. The lowest BCUT2D eigenvalue weighted by Crippen LogP contribution is -2.40. The minimum absolute atomic E-state index is 0.0959. The van der Waals surface area contributed by atoms with Gasteiger partial charge in [0.05, 0.1) is 0 Å². The molecule has 2 N–H and O–H groups in total. The highest BCUT2D eigenvalue weighted by molar-refractivity contribution is 5.90. The summed E-state index contributed by atoms with van der Waals surface area (Å²) < 4.78 is 0. The zero-order valence-electron chi connectivity index (χ0n) is 16.1. The van der Waals surface area contributed by atoms with Crippen molar-refractivity contribution < 1.29 is 4.79 Å². The number of rotatable bonds is 5. The number of likely N-dealkylation sites (tertiary alicyclic amines) is 1. The van der Waals surface area contributed by atoms with E-state index in [4.69, 9.17) is 0 Å². The van der Waals surface area contributed by atoms with E-state index in [0.29, 0.717) is 5.92 Å². The molecule has 0 unspecified atom stereocenters. The van der Waals surface area contributed by atoms with Crippen molar-refractivity contribution in [2.45, 2.75) is 32.6 Å². The Morgan fingerprint density at radius 1 is 1.07 bits per heavy atom. The normalized spacial score (nSPS) is 16.6. The van der Waals surface area contributed by atoms with Gasteiger partial charge in [-0.25, -0.2) is 4.79 Å². The monoisotopic (exact) mass is 363 g/mol. The minimum Gasteiger partial charge on any atom is -0.338 e. The first-order valence-electron chi connectivity index (χ1n) is 10.2. The average molecular weight is 364 g/mol. The Morgan fingerprint density at radius 3 is 2.67 bits per heavy atom. The van der Waals surface area contributed by atoms with Gasteiger partial charge in [0.25, 0.3) is 0 Å². The first-order valence-corrected chi connectivity index (χ1v) is 10.2. The summed E-state index contributed by atoms with van der Waals surface area (Å²) in [6.45, 7) is 6.51. The summed E-state index contributed by atoms with van der Waals surface area (Å²) in [5, 5.41) is 6.07. The second-order valence-electron chi connectivity index (χ2n) is 7.83. The first kappa shape index (κ1) is 18.1. The van der Waals surface area contributed by atoms with Gasteiger partial charge >= 0.3 is 6.03 Å². The third-order valence-corrected chi connectivity index (χ3v) is 5.85. The summed E-state index contributed by atoms with van der Waals surface area (Å²) in [6, 6.07) is 14.7. The molecule has 0 aromatic heterocycles. The third-order valence-electron chi connectivity index (χ3n) is 5.85. The van der Waals surface area contributed by atoms with E-state index in [1.54, 1.807) is 0 Å². The molecule has 1 aliphatic carbocycles. The minimum atomic E-state index is -0.0959. The predicted octanol–water partition coefficient (Wildman–Crippen LogP) is 4.50. The van der Waals surface area contributed by atoms with E-state index in [9.17, 15) is 4.79 Å². The first-order chi connectivity index (χ1) is 13.2. The molecule has 4 heteroatoms. The molecule has 0 radical (unpaired) electrons. The second-order valence-corrected chi connectivity index (χ2v) is 7.83. The molecule has 0 saturated carbocycles. The molecule has 2 amide bonds. The lowest BCUT2D eigenvalue weighted by atomic mass is 9.97. The molecule has 1 saturated heterocycles. The van der Waals surface area contributed by atoms with Crippen molar-refractivity contribution in [3.05, 3.63) is 53.6 Å². The van der Waals surface area contributed by atoms with E-state index >= 15 is 0 Å². The van der Waals surface area contributed by atoms with Gasteiger partial charge in [0.15, 0.2) is 0 Å². The maximum Gasteiger partial charge on any atom is 0.319 e. The molecule has 1 heterocycles. The van der Waals surface area contributed by atoms with Crippen LogP contribution in [0.1, 0.15) is 37.3 Å². The van der Waals surface area contributed by atoms with Gasteiger partial charge in [-0.1, -0.05) is 37.3 Å². The van der Waals surface area contributed by atoms with Gasteiger partial charge in [-0.05, 0) is 85.6 Å². The van der Waals surface area contributed by atoms with Crippen LogP contribution in [0, 0.1) is 5.92 Å². The zero-order chi connectivity index (χ0) is 18.6. The molecule has 1 aliphatic heterocycles. The lowest BCUT2D eigenvalue weighted by molar-refractivity contribution is 0.182. The van der Waals surface area contributed by atoms with Gasteiger partial charge < -0.3 is 15.5 Å². The van der Waals surface area contributed by atoms with Crippen LogP contribution in [0.5, 0.6) is 0 Å². The number of fused-ring (bicyclic) bond motifs is 3. The molecule has 27 heavy (non-hydrogen) atoms. The number of nitrogens with zero attached hydrogens (tertiary/aromatic N) is 1. The third kappa shape index (κ3) is 4.16. The SMILES string of the molecule is CCCN1CCC(CNC(=O)Nc2ccc3c(c2)Cc2ccccc2-3)CC1. The highest BCUT2D eigenvalue weighted by Crippen LogP contribution is 2.37. The molecule has 2 aliphatic rings. The Balaban J connectivity index is 1.28. The molecule has 2 aromatic rings. The number of amides is 2. The van der Waals surface area contributed by atoms with Gasteiger partial charge in [0.2, 0.25) is 0 Å². The van der Waals surface area contributed by atoms with Crippen molar-refractivity contribution in [2.75, 3.05) is 31.5 Å². The molecule has 2 aromatic carbocycles. The quantitative estimate of drug-likeness (QED) is 0.701. The summed E-state index contributed by atoms with van der Waals surface area (Å²) in [5.41, 5.74) is 6.13. The van der Waals surface area contributed by atoms with Crippen LogP contribution in [0.4, 0.5) is 10.5 Å². The molecule has 0 atom stereocenters. The Labute approximate surface area is 162 Å². The largest absolute Gasteiger partial charge is 0.338 e. The summed E-state index contributed by atoms with van der Waals surface area (Å²) in [7, 11) is 0. The number of anilines is 1. The van der Waals surface area contributed by atoms with Gasteiger partial charge in [0, 0.05) is 12.2 Å². The molecule has 4 nitrogen and oxygen atoms in total. The Hall–Kier alpha value is -2.33. The highest BCUT2D eigenvalue weighted by Gasteiger charge is 2.20. The smallest absolute Gasteiger partial charge is 0.319 e. The van der Waals surface area contributed by atoms with E-state index in [0.717, 1.165) is 31.7 Å². The summed E-state index contributed by atoms with van der Waals surface area (Å²) in [5.74, 6) is 0.596. The van der Waals surface area contributed by atoms with Crippen LogP contribution in [0.25, 0.3) is 11.1 Å². The molecule has 0 spiro atoms. The Morgan fingerprint density at radius 2 is 1.85 bits per heavy atom. The number of hydrogen-bond acceptors (Lipinski definition) is 2. The van der Waals surface area contributed by atoms with E-state index < -0.39 is 0 Å². The van der Waals surface area contributed by atoms with Crippen LogP contribution in [0.3, 0.4) is 0 Å². The Bertz CT molecular complexity index is 809. The molecular formula is C23H29N3O. The molecule has 142 valence electrons. The summed E-state index contributed by atoms with van der Waals surface area (Å²) in [6.07, 6.45) is 4.52. The molecule has 1 fully saturated rings. The fourth-order valence-corrected chi connectivity index (χ4v) is 4.37. The van der Waals surface area contributed by atoms with Crippen molar-refractivity contribution >= 4 is 11.7 Å². The van der Waals surface area contributed by atoms with Gasteiger partial charge in [-0.15, -0.1) is 0 Å². The number of benzene rings is 2. The average Bonchev–Trinajstić information content (AvgIpc) is 3.05. The molecule has 4 rings (SSSR count). The van der Waals surface area contributed by atoms with Crippen molar-refractivity contribution in [1.29, 1.82) is 0 Å². The Kier molecular flexibility index (Phi) is 5.44. The number of carbonyl (C=O) groups excluding carboxylic acids is 1. The standard InChI is InChI=1S/C23H29N3O/c1-2-11-26-12-9-17(10-13-26)16-24-23(27)25-20-7-8-22-19(15-20)14-18-5-3-4-6-21(18)22/h3-8,15,17H,2,9-14,16H2,1H3,(H2,24,25,27). The summed E-state index contributed by atoms with van der Waals surface area (Å²) in [4.78, 5) is 14.8. The van der Waals surface area contributed by atoms with E-state index in [-0.39, 0.29) is 6.03 Å². The van der Waals surface area contributed by atoms with Crippen LogP contribution in [-0.4, -0.2) is 37.1 Å². The highest BCUT2D eigenvalue weighted by atomic mass is 16.2. The van der Waals surface area contributed by atoms with Crippen LogP contribution in [0.15, 0.2) is 42.5 Å². The zero-order valence-corrected chi connectivity index (χ0v) is 16.1. The van der Waals surface area contributed by atoms with E-state index in [1.165, 1.54) is 48.1 Å². The topological polar surface area (TPSA) is 44.4 Å².